The van der Waals surface area contributed by atoms with Crippen LogP contribution in [0, 0.1) is 3.57 Å². The Labute approximate surface area is 107 Å². The van der Waals surface area contributed by atoms with E-state index in [4.69, 9.17) is 0 Å². The van der Waals surface area contributed by atoms with Crippen LogP contribution in [-0.4, -0.2) is 16.1 Å². The number of nitrogens with zero attached hydrogens (tertiary/aromatic N) is 2. The van der Waals surface area contributed by atoms with Crippen LogP contribution in [0.25, 0.3) is 10.9 Å². The van der Waals surface area contributed by atoms with Crippen LogP contribution < -0.4 is 10.9 Å². The highest BCUT2D eigenvalue weighted by Gasteiger charge is 2.08. The van der Waals surface area contributed by atoms with E-state index in [-0.39, 0.29) is 5.56 Å². The Morgan fingerprint density at radius 3 is 2.94 bits per heavy atom. The molecule has 0 fully saturated rings. The average molecular weight is 329 g/mol. The highest BCUT2D eigenvalue weighted by atomic mass is 127. The second-order valence-corrected chi connectivity index (χ2v) is 4.63. The number of para-hydroxylation sites is 1. The van der Waals surface area contributed by atoms with Crippen molar-refractivity contribution < 1.29 is 0 Å². The zero-order chi connectivity index (χ0) is 11.7. The third-order valence-electron chi connectivity index (χ3n) is 2.39. The van der Waals surface area contributed by atoms with Crippen molar-refractivity contribution in [3.8, 4) is 0 Å². The lowest BCUT2D eigenvalue weighted by atomic mass is 10.2. The van der Waals surface area contributed by atoms with E-state index >= 15 is 0 Å². The van der Waals surface area contributed by atoms with Gasteiger partial charge in [0, 0.05) is 17.2 Å². The number of hydrogen-bond acceptors (Lipinski definition) is 3. The molecule has 1 N–H and O–H groups in total. The molecule has 0 aliphatic heterocycles. The maximum atomic E-state index is 12.1. The van der Waals surface area contributed by atoms with Crippen LogP contribution in [0.3, 0.4) is 0 Å². The summed E-state index contributed by atoms with van der Waals surface area (Å²) >= 11 is 2.19. The van der Waals surface area contributed by atoms with Crippen molar-refractivity contribution in [2.24, 2.45) is 7.05 Å². The van der Waals surface area contributed by atoms with E-state index in [0.29, 0.717) is 11.3 Å². The fourth-order valence-electron chi connectivity index (χ4n) is 1.58. The molecule has 2 rings (SSSR count). The molecule has 0 radical (unpaired) electrons. The van der Waals surface area contributed by atoms with Gasteiger partial charge in [0.05, 0.1) is 10.9 Å². The van der Waals surface area contributed by atoms with Gasteiger partial charge >= 0.3 is 0 Å². The number of benzene rings is 1. The van der Waals surface area contributed by atoms with Gasteiger partial charge < -0.3 is 5.32 Å². The van der Waals surface area contributed by atoms with Crippen LogP contribution in [-0.2, 0) is 7.05 Å². The van der Waals surface area contributed by atoms with Gasteiger partial charge in [-0.05, 0) is 41.6 Å². The first-order valence-corrected chi connectivity index (χ1v) is 6.12. The summed E-state index contributed by atoms with van der Waals surface area (Å²) in [5.74, 6) is 0.615. The highest BCUT2D eigenvalue weighted by Crippen LogP contribution is 2.17. The van der Waals surface area contributed by atoms with Gasteiger partial charge in [-0.2, -0.15) is 0 Å². The van der Waals surface area contributed by atoms with Crippen LogP contribution in [0.5, 0.6) is 0 Å². The van der Waals surface area contributed by atoms with Gasteiger partial charge in [-0.1, -0.05) is 6.07 Å². The van der Waals surface area contributed by atoms with Gasteiger partial charge in [0.1, 0.15) is 0 Å². The van der Waals surface area contributed by atoms with Crippen LogP contribution >= 0.6 is 22.6 Å². The zero-order valence-corrected chi connectivity index (χ0v) is 11.3. The second kappa shape index (κ2) is 4.40. The summed E-state index contributed by atoms with van der Waals surface area (Å²) in [6, 6.07) is 5.63. The number of fused-ring (bicyclic) bond motifs is 1. The minimum Gasteiger partial charge on any atom is -0.356 e. The summed E-state index contributed by atoms with van der Waals surface area (Å²) in [5.41, 5.74) is 0.751. The van der Waals surface area contributed by atoms with Crippen molar-refractivity contribution in [1.82, 2.24) is 9.55 Å². The molecule has 0 spiro atoms. The number of aromatic nitrogens is 2. The molecule has 0 amide bonds. The Balaban J connectivity index is 2.84. The van der Waals surface area contributed by atoms with Crippen LogP contribution in [0.4, 0.5) is 5.95 Å². The zero-order valence-electron chi connectivity index (χ0n) is 9.12. The largest absolute Gasteiger partial charge is 0.356 e. The quantitative estimate of drug-likeness (QED) is 0.857. The normalized spacial score (nSPS) is 10.7. The van der Waals surface area contributed by atoms with Crippen molar-refractivity contribution in [3.63, 3.8) is 0 Å². The molecule has 16 heavy (non-hydrogen) atoms. The summed E-state index contributed by atoms with van der Waals surface area (Å²) in [5, 5.41) is 3.75. The molecule has 1 aromatic heterocycles. The summed E-state index contributed by atoms with van der Waals surface area (Å²) in [6.45, 7) is 2.72. The first-order chi connectivity index (χ1) is 7.65. The van der Waals surface area contributed by atoms with Gasteiger partial charge in [0.25, 0.3) is 5.56 Å². The predicted molar refractivity (Wildman–Crippen MR) is 73.9 cm³/mol. The molecule has 84 valence electrons. The van der Waals surface area contributed by atoms with E-state index in [1.54, 1.807) is 11.6 Å². The SMILES string of the molecule is CCNc1nc2c(I)cccc2c(=O)n1C. The fraction of sp³-hybridized carbons (Fsp3) is 0.273. The van der Waals surface area contributed by atoms with Crippen LogP contribution in [0.15, 0.2) is 23.0 Å². The molecule has 1 aromatic carbocycles. The number of anilines is 1. The van der Waals surface area contributed by atoms with Crippen LogP contribution in [0.1, 0.15) is 6.92 Å². The first kappa shape index (κ1) is 11.4. The van der Waals surface area contributed by atoms with Gasteiger partial charge in [0.2, 0.25) is 5.95 Å². The van der Waals surface area contributed by atoms with Crippen molar-refractivity contribution in [1.29, 1.82) is 0 Å². The Kier molecular flexibility index (Phi) is 3.13. The van der Waals surface area contributed by atoms with Gasteiger partial charge in [-0.25, -0.2) is 4.98 Å². The van der Waals surface area contributed by atoms with Crippen molar-refractivity contribution in [3.05, 3.63) is 32.1 Å². The van der Waals surface area contributed by atoms with E-state index < -0.39 is 0 Å². The van der Waals surface area contributed by atoms with Crippen molar-refractivity contribution in [2.45, 2.75) is 6.92 Å². The maximum Gasteiger partial charge on any atom is 0.262 e. The van der Waals surface area contributed by atoms with E-state index in [2.05, 4.69) is 32.9 Å². The Bertz CT molecular complexity index is 592. The van der Waals surface area contributed by atoms with E-state index in [0.717, 1.165) is 15.6 Å². The number of rotatable bonds is 2. The smallest absolute Gasteiger partial charge is 0.262 e. The molecule has 0 bridgehead atoms. The molecule has 0 atom stereocenters. The Hall–Kier alpha value is -1.11. The topological polar surface area (TPSA) is 46.9 Å². The minimum absolute atomic E-state index is 0.0144. The van der Waals surface area contributed by atoms with E-state index in [1.165, 1.54) is 0 Å². The van der Waals surface area contributed by atoms with Gasteiger partial charge in [-0.3, -0.25) is 9.36 Å². The predicted octanol–water partition coefficient (Wildman–Crippen LogP) is 1.97. The lowest BCUT2D eigenvalue weighted by molar-refractivity contribution is 0.842. The molecule has 0 aliphatic carbocycles. The highest BCUT2D eigenvalue weighted by molar-refractivity contribution is 14.1. The van der Waals surface area contributed by atoms with E-state index in [9.17, 15) is 4.79 Å². The maximum absolute atomic E-state index is 12.1. The second-order valence-electron chi connectivity index (χ2n) is 3.47. The molecule has 0 saturated heterocycles. The molecule has 2 aromatic rings. The van der Waals surface area contributed by atoms with Gasteiger partial charge in [0.15, 0.2) is 0 Å². The number of nitrogens with one attached hydrogen (secondary N) is 1. The molecular weight excluding hydrogens is 317 g/mol. The summed E-state index contributed by atoms with van der Waals surface area (Å²) in [4.78, 5) is 16.5. The molecule has 0 unspecified atom stereocenters. The minimum atomic E-state index is -0.0144. The monoisotopic (exact) mass is 329 g/mol. The Morgan fingerprint density at radius 2 is 2.25 bits per heavy atom. The van der Waals surface area contributed by atoms with Gasteiger partial charge in [-0.15, -0.1) is 0 Å². The molecular formula is C11H12IN3O. The Morgan fingerprint density at radius 1 is 1.50 bits per heavy atom. The number of halogens is 1. The lowest BCUT2D eigenvalue weighted by Gasteiger charge is -2.10. The molecule has 5 heteroatoms. The number of hydrogen-bond donors (Lipinski definition) is 1. The summed E-state index contributed by atoms with van der Waals surface area (Å²) < 4.78 is 2.54. The summed E-state index contributed by atoms with van der Waals surface area (Å²) in [6.07, 6.45) is 0. The third-order valence-corrected chi connectivity index (χ3v) is 3.26. The molecule has 4 nitrogen and oxygen atoms in total. The molecule has 0 aliphatic rings. The van der Waals surface area contributed by atoms with Crippen molar-refractivity contribution in [2.75, 3.05) is 11.9 Å². The van der Waals surface area contributed by atoms with E-state index in [1.807, 2.05) is 25.1 Å². The van der Waals surface area contributed by atoms with Crippen molar-refractivity contribution >= 4 is 39.4 Å². The first-order valence-electron chi connectivity index (χ1n) is 5.04. The van der Waals surface area contributed by atoms with Crippen LogP contribution in [0.2, 0.25) is 0 Å². The standard InChI is InChI=1S/C11H12IN3O/c1-3-13-11-14-9-7(10(16)15(11)2)5-4-6-8(9)12/h4-6H,3H2,1-2H3,(H,13,14). The third kappa shape index (κ3) is 1.79. The molecule has 0 saturated carbocycles. The lowest BCUT2D eigenvalue weighted by Crippen LogP contribution is -2.22. The fourth-order valence-corrected chi connectivity index (χ4v) is 2.19. The molecule has 1 heterocycles. The summed E-state index contributed by atoms with van der Waals surface area (Å²) in [7, 11) is 1.73. The average Bonchev–Trinajstić information content (AvgIpc) is 2.27.